The fourth-order valence-electron chi connectivity index (χ4n) is 2.55. The largest absolute Gasteiger partial charge is 0.378 e. The van der Waals surface area contributed by atoms with Crippen LogP contribution in [-0.4, -0.2) is 36.8 Å². The fourth-order valence-corrected chi connectivity index (χ4v) is 2.68. The molecule has 3 rings (SSSR count). The molecule has 0 fully saturated rings. The third-order valence-electron chi connectivity index (χ3n) is 3.61. The van der Waals surface area contributed by atoms with Crippen molar-refractivity contribution in [3.05, 3.63) is 66.0 Å². The van der Waals surface area contributed by atoms with Crippen LogP contribution >= 0.6 is 11.6 Å². The van der Waals surface area contributed by atoms with Gasteiger partial charge in [0, 0.05) is 24.5 Å². The van der Waals surface area contributed by atoms with E-state index >= 15 is 0 Å². The molecule has 0 aliphatic rings. The Balaban J connectivity index is 2.06. The van der Waals surface area contributed by atoms with E-state index in [2.05, 4.69) is 15.2 Å². The molecule has 0 aliphatic carbocycles. The van der Waals surface area contributed by atoms with Gasteiger partial charge in [0.25, 0.3) is 0 Å². The number of nitrogens with zero attached hydrogens (tertiary/aromatic N) is 5. The molecule has 2 atom stereocenters. The molecule has 0 unspecified atom stereocenters. The third-order valence-corrected chi connectivity index (χ3v) is 3.86. The van der Waals surface area contributed by atoms with Crippen molar-refractivity contribution >= 4 is 11.6 Å². The molecule has 1 aromatic carbocycles. The third kappa shape index (κ3) is 3.12. The molecule has 2 heterocycles. The molecule has 0 radical (unpaired) electrons. The van der Waals surface area contributed by atoms with E-state index in [1.807, 2.05) is 0 Å². The maximum Gasteiger partial charge on any atom is 0.184 e. The van der Waals surface area contributed by atoms with Crippen LogP contribution in [0.15, 0.2) is 55.4 Å². The van der Waals surface area contributed by atoms with Gasteiger partial charge in [0.1, 0.15) is 12.7 Å². The summed E-state index contributed by atoms with van der Waals surface area (Å²) in [7, 11) is 1.52. The summed E-state index contributed by atoms with van der Waals surface area (Å²) < 4.78 is 8.66. The average Bonchev–Trinajstić information content (AvgIpc) is 3.22. The second kappa shape index (κ2) is 6.49. The van der Waals surface area contributed by atoms with E-state index in [0.29, 0.717) is 10.6 Å². The number of ether oxygens (including phenoxy) is 1. The highest BCUT2D eigenvalue weighted by Gasteiger charge is 2.41. The maximum atomic E-state index is 11.5. The van der Waals surface area contributed by atoms with E-state index in [-0.39, 0.29) is 6.54 Å². The van der Waals surface area contributed by atoms with Gasteiger partial charge in [-0.25, -0.2) is 14.3 Å². The van der Waals surface area contributed by atoms with E-state index < -0.39 is 11.8 Å². The molecular weight excluding hydrogens is 318 g/mol. The average molecular weight is 334 g/mol. The summed E-state index contributed by atoms with van der Waals surface area (Å²) in [6.45, 7) is 0.146. The first-order valence-corrected chi connectivity index (χ1v) is 7.34. The lowest BCUT2D eigenvalue weighted by Crippen LogP contribution is -2.42. The zero-order valence-electron chi connectivity index (χ0n) is 12.5. The van der Waals surface area contributed by atoms with Crippen molar-refractivity contribution in [2.75, 3.05) is 7.11 Å². The highest BCUT2D eigenvalue weighted by atomic mass is 35.5. The van der Waals surface area contributed by atoms with Gasteiger partial charge in [-0.2, -0.15) is 10.2 Å². The minimum Gasteiger partial charge on any atom is -0.378 e. The lowest BCUT2D eigenvalue weighted by molar-refractivity contribution is -0.153. The Kier molecular flexibility index (Phi) is 4.42. The van der Waals surface area contributed by atoms with Gasteiger partial charge in [0.15, 0.2) is 11.8 Å². The summed E-state index contributed by atoms with van der Waals surface area (Å²) in [5.74, 6) is 0. The van der Waals surface area contributed by atoms with Crippen molar-refractivity contribution in [1.82, 2.24) is 24.5 Å². The van der Waals surface area contributed by atoms with Crippen LogP contribution in [0.4, 0.5) is 0 Å². The second-order valence-corrected chi connectivity index (χ2v) is 5.53. The van der Waals surface area contributed by atoms with Crippen molar-refractivity contribution < 1.29 is 9.84 Å². The number of methoxy groups -OCH3 is 1. The zero-order chi connectivity index (χ0) is 16.3. The summed E-state index contributed by atoms with van der Waals surface area (Å²) in [5.41, 5.74) is -0.779. The maximum absolute atomic E-state index is 11.5. The molecule has 7 nitrogen and oxygen atoms in total. The quantitative estimate of drug-likeness (QED) is 0.745. The van der Waals surface area contributed by atoms with Gasteiger partial charge >= 0.3 is 0 Å². The molecule has 8 heteroatoms. The SMILES string of the molecule is CO[C@@H](n1cccn1)[C@](O)(Cn1cncn1)c1ccc(Cl)cc1. The second-order valence-electron chi connectivity index (χ2n) is 5.10. The predicted molar refractivity (Wildman–Crippen MR) is 83.6 cm³/mol. The smallest absolute Gasteiger partial charge is 0.184 e. The lowest BCUT2D eigenvalue weighted by Gasteiger charge is -2.35. The molecule has 0 bridgehead atoms. The standard InChI is InChI=1S/C15H16ClN5O2/c1-23-14(21-8-2-7-18-21)15(22,9-20-11-17-10-19-20)12-3-5-13(16)6-4-12/h2-8,10-11,14,22H,9H2,1H3/t14-,15+/m1/s1. The van der Waals surface area contributed by atoms with Gasteiger partial charge in [-0.05, 0) is 23.8 Å². The molecule has 3 aromatic rings. The van der Waals surface area contributed by atoms with Crippen LogP contribution in [0.3, 0.4) is 0 Å². The molecule has 0 aliphatic heterocycles. The van der Waals surface area contributed by atoms with Crippen LogP contribution in [0.25, 0.3) is 0 Å². The first-order chi connectivity index (χ1) is 11.1. The van der Waals surface area contributed by atoms with E-state index in [1.54, 1.807) is 52.1 Å². The lowest BCUT2D eigenvalue weighted by atomic mass is 9.91. The van der Waals surface area contributed by atoms with Gasteiger partial charge in [-0.15, -0.1) is 0 Å². The normalized spacial score (nSPS) is 15.3. The van der Waals surface area contributed by atoms with E-state index in [1.165, 1.54) is 19.8 Å². The summed E-state index contributed by atoms with van der Waals surface area (Å²) in [4.78, 5) is 3.92. The molecule has 2 aromatic heterocycles. The Hall–Kier alpha value is -2.22. The van der Waals surface area contributed by atoms with Crippen LogP contribution in [0, 0.1) is 0 Å². The number of aliphatic hydroxyl groups is 1. The predicted octanol–water partition coefficient (Wildman–Crippen LogP) is 1.86. The first kappa shape index (κ1) is 15.7. The van der Waals surface area contributed by atoms with Crippen LogP contribution in [0.2, 0.25) is 5.02 Å². The highest BCUT2D eigenvalue weighted by Crippen LogP contribution is 2.35. The van der Waals surface area contributed by atoms with Crippen LogP contribution in [-0.2, 0) is 16.9 Å². The number of rotatable bonds is 6. The number of halogens is 1. The van der Waals surface area contributed by atoms with Gasteiger partial charge in [-0.1, -0.05) is 23.7 Å². The summed E-state index contributed by atoms with van der Waals surface area (Å²) in [6.07, 6.45) is 5.57. The molecular formula is C15H16ClN5O2. The molecule has 23 heavy (non-hydrogen) atoms. The Morgan fingerprint density at radius 3 is 2.65 bits per heavy atom. The topological polar surface area (TPSA) is 78.0 Å². The van der Waals surface area contributed by atoms with Crippen molar-refractivity contribution in [1.29, 1.82) is 0 Å². The van der Waals surface area contributed by atoms with Crippen LogP contribution < -0.4 is 0 Å². The minimum absolute atomic E-state index is 0.146. The van der Waals surface area contributed by atoms with E-state index in [0.717, 1.165) is 0 Å². The Morgan fingerprint density at radius 2 is 2.09 bits per heavy atom. The molecule has 0 spiro atoms. The van der Waals surface area contributed by atoms with Gasteiger partial charge in [0.2, 0.25) is 0 Å². The van der Waals surface area contributed by atoms with Crippen molar-refractivity contribution in [2.24, 2.45) is 0 Å². The van der Waals surface area contributed by atoms with Crippen molar-refractivity contribution in [2.45, 2.75) is 18.4 Å². The van der Waals surface area contributed by atoms with Crippen molar-refractivity contribution in [3.63, 3.8) is 0 Å². The summed E-state index contributed by atoms with van der Waals surface area (Å²) in [5, 5.41) is 20.3. The Bertz CT molecular complexity index is 730. The fraction of sp³-hybridized carbons (Fsp3) is 0.267. The number of hydrogen-bond acceptors (Lipinski definition) is 5. The summed E-state index contributed by atoms with van der Waals surface area (Å²) >= 11 is 5.96. The molecule has 0 amide bonds. The number of benzene rings is 1. The van der Waals surface area contributed by atoms with Gasteiger partial charge in [0.05, 0.1) is 6.54 Å². The summed E-state index contributed by atoms with van der Waals surface area (Å²) in [6, 6.07) is 8.73. The van der Waals surface area contributed by atoms with Gasteiger partial charge in [-0.3, -0.25) is 0 Å². The van der Waals surface area contributed by atoms with Gasteiger partial charge < -0.3 is 9.84 Å². The number of aromatic nitrogens is 5. The van der Waals surface area contributed by atoms with E-state index in [9.17, 15) is 5.11 Å². The van der Waals surface area contributed by atoms with Crippen LogP contribution in [0.1, 0.15) is 11.8 Å². The monoisotopic (exact) mass is 333 g/mol. The number of hydrogen-bond donors (Lipinski definition) is 1. The molecule has 1 N–H and O–H groups in total. The van der Waals surface area contributed by atoms with Crippen molar-refractivity contribution in [3.8, 4) is 0 Å². The van der Waals surface area contributed by atoms with Crippen LogP contribution in [0.5, 0.6) is 0 Å². The Morgan fingerprint density at radius 1 is 1.30 bits per heavy atom. The Labute approximate surface area is 138 Å². The molecule has 120 valence electrons. The minimum atomic E-state index is -1.42. The highest BCUT2D eigenvalue weighted by molar-refractivity contribution is 6.30. The van der Waals surface area contributed by atoms with E-state index in [4.69, 9.17) is 16.3 Å². The molecule has 0 saturated carbocycles. The molecule has 0 saturated heterocycles. The first-order valence-electron chi connectivity index (χ1n) is 6.96. The zero-order valence-corrected chi connectivity index (χ0v) is 13.2.